The van der Waals surface area contributed by atoms with Crippen LogP contribution in [-0.2, 0) is 0 Å². The van der Waals surface area contributed by atoms with Crippen LogP contribution in [0.25, 0.3) is 0 Å². The van der Waals surface area contributed by atoms with Gasteiger partial charge in [-0.25, -0.2) is 15.8 Å². The minimum absolute atomic E-state index is 0. The summed E-state index contributed by atoms with van der Waals surface area (Å²) < 4.78 is 0. The van der Waals surface area contributed by atoms with Crippen molar-refractivity contribution >= 4 is 35.6 Å². The van der Waals surface area contributed by atoms with Crippen LogP contribution < -0.4 is 20.7 Å². The van der Waals surface area contributed by atoms with Crippen molar-refractivity contribution in [2.45, 2.75) is 0 Å². The molecule has 10 heteroatoms. The number of benzene rings is 2. The molecular weight excluding hydrogens is 446 g/mol. The average Bonchev–Trinajstić information content (AvgIpc) is 2.84. The summed E-state index contributed by atoms with van der Waals surface area (Å²) in [4.78, 5) is 32.8. The molecule has 2 aromatic carbocycles. The van der Waals surface area contributed by atoms with E-state index in [1.165, 1.54) is 24.6 Å². The van der Waals surface area contributed by atoms with E-state index in [2.05, 4.69) is 26.0 Å². The first kappa shape index (κ1) is 26.7. The summed E-state index contributed by atoms with van der Waals surface area (Å²) in [5.41, 5.74) is 8.77. The molecule has 10 nitrogen and oxygen atoms in total. The second-order valence-electron chi connectivity index (χ2n) is 7.78. The zero-order valence-corrected chi connectivity index (χ0v) is 20.1. The fourth-order valence-corrected chi connectivity index (χ4v) is 2.85. The molecular formula is C25H29N7O3. The van der Waals surface area contributed by atoms with Crippen LogP contribution in [0.5, 0.6) is 0 Å². The molecule has 0 saturated heterocycles. The maximum absolute atomic E-state index is 12.4. The van der Waals surface area contributed by atoms with E-state index in [1.807, 2.05) is 86.5 Å². The van der Waals surface area contributed by atoms with Crippen LogP contribution in [0.1, 0.15) is 32.1 Å². The van der Waals surface area contributed by atoms with Gasteiger partial charge in [0.1, 0.15) is 11.4 Å². The molecule has 0 radical (unpaired) electrons. The first-order chi connectivity index (χ1) is 16.3. The predicted octanol–water partition coefficient (Wildman–Crippen LogP) is 1.92. The van der Waals surface area contributed by atoms with Crippen LogP contribution >= 0.6 is 0 Å². The lowest BCUT2D eigenvalue weighted by molar-refractivity contribution is 0.0945. The van der Waals surface area contributed by atoms with Gasteiger partial charge in [0.05, 0.1) is 12.4 Å². The Balaban J connectivity index is 0.00000432. The fourth-order valence-electron chi connectivity index (χ4n) is 2.85. The Hall–Kier alpha value is -4.57. The maximum Gasteiger partial charge on any atom is 0.289 e. The third-order valence-corrected chi connectivity index (χ3v) is 4.79. The summed E-state index contributed by atoms with van der Waals surface area (Å²) in [6.45, 7) is 0. The Bertz CT molecular complexity index is 1100. The molecule has 0 aliphatic carbocycles. The van der Waals surface area contributed by atoms with Crippen LogP contribution in [0.4, 0.5) is 11.4 Å². The van der Waals surface area contributed by atoms with Crippen molar-refractivity contribution in [1.29, 1.82) is 0 Å². The molecule has 0 atom stereocenters. The Morgan fingerprint density at radius 1 is 0.686 bits per heavy atom. The van der Waals surface area contributed by atoms with Crippen molar-refractivity contribution in [3.8, 4) is 0 Å². The number of carbonyl (C=O) groups excluding carboxylic acids is 2. The van der Waals surface area contributed by atoms with Crippen molar-refractivity contribution in [3.05, 3.63) is 89.2 Å². The van der Waals surface area contributed by atoms with Crippen molar-refractivity contribution < 1.29 is 15.1 Å². The zero-order valence-electron chi connectivity index (χ0n) is 20.1. The van der Waals surface area contributed by atoms with Gasteiger partial charge in [-0.2, -0.15) is 10.2 Å². The van der Waals surface area contributed by atoms with Gasteiger partial charge in [-0.3, -0.25) is 9.59 Å². The highest BCUT2D eigenvalue weighted by Crippen LogP contribution is 2.11. The standard InChI is InChI=1S/C25H27N7O2.H2O/c1-31(2)20-12-8-18(9-13-20)16-26-29-24(33)22-6-5-7-23(28-22)25(34)30-27-17-19-10-14-21(15-11-19)32(3)4;/h5-17H,1-4H3,(H,29,33)(H,30,34);1H2/b26-16+,27-17+;. The van der Waals surface area contributed by atoms with E-state index in [4.69, 9.17) is 0 Å². The number of anilines is 2. The number of nitrogens with zero attached hydrogens (tertiary/aromatic N) is 5. The van der Waals surface area contributed by atoms with E-state index in [0.717, 1.165) is 22.5 Å². The number of amides is 2. The van der Waals surface area contributed by atoms with Gasteiger partial charge in [0.15, 0.2) is 0 Å². The van der Waals surface area contributed by atoms with Crippen LogP contribution in [-0.4, -0.2) is 62.9 Å². The minimum Gasteiger partial charge on any atom is -0.412 e. The molecule has 0 spiro atoms. The molecule has 4 N–H and O–H groups in total. The van der Waals surface area contributed by atoms with Crippen LogP contribution in [0.15, 0.2) is 76.9 Å². The Morgan fingerprint density at radius 3 is 1.40 bits per heavy atom. The van der Waals surface area contributed by atoms with Gasteiger partial charge in [0.25, 0.3) is 11.8 Å². The molecule has 0 fully saturated rings. The number of carbonyl (C=O) groups is 2. The smallest absolute Gasteiger partial charge is 0.289 e. The third-order valence-electron chi connectivity index (χ3n) is 4.79. The lowest BCUT2D eigenvalue weighted by Gasteiger charge is -2.11. The number of pyridine rings is 1. The van der Waals surface area contributed by atoms with E-state index in [1.54, 1.807) is 6.07 Å². The zero-order chi connectivity index (χ0) is 24.5. The Labute approximate surface area is 204 Å². The average molecular weight is 476 g/mol. The van der Waals surface area contributed by atoms with E-state index >= 15 is 0 Å². The Kier molecular flexibility index (Phi) is 9.61. The van der Waals surface area contributed by atoms with Crippen LogP contribution in [0.2, 0.25) is 0 Å². The Morgan fingerprint density at radius 2 is 1.06 bits per heavy atom. The first-order valence-corrected chi connectivity index (χ1v) is 10.5. The molecule has 0 aliphatic rings. The van der Waals surface area contributed by atoms with Gasteiger partial charge >= 0.3 is 0 Å². The second kappa shape index (κ2) is 12.6. The number of hydrogen-bond acceptors (Lipinski definition) is 7. The first-order valence-electron chi connectivity index (χ1n) is 10.5. The monoisotopic (exact) mass is 475 g/mol. The summed E-state index contributed by atoms with van der Waals surface area (Å²) in [5.74, 6) is -1.06. The molecule has 3 rings (SSSR count). The number of nitrogens with one attached hydrogen (secondary N) is 2. The highest BCUT2D eigenvalue weighted by Gasteiger charge is 2.11. The molecule has 2 amide bonds. The van der Waals surface area contributed by atoms with Gasteiger partial charge in [-0.1, -0.05) is 30.3 Å². The number of hydrazone groups is 2. The fraction of sp³-hybridized carbons (Fsp3) is 0.160. The second-order valence-corrected chi connectivity index (χ2v) is 7.78. The molecule has 0 aliphatic heterocycles. The van der Waals surface area contributed by atoms with Crippen molar-refractivity contribution in [1.82, 2.24) is 15.8 Å². The highest BCUT2D eigenvalue weighted by molar-refractivity contribution is 5.97. The summed E-state index contributed by atoms with van der Waals surface area (Å²) in [7, 11) is 7.84. The summed E-state index contributed by atoms with van der Waals surface area (Å²) in [6, 6.07) is 20.0. The topological polar surface area (TPSA) is 134 Å². The summed E-state index contributed by atoms with van der Waals surface area (Å²) in [5, 5.41) is 7.92. The van der Waals surface area contributed by atoms with Crippen LogP contribution in [0.3, 0.4) is 0 Å². The minimum atomic E-state index is -0.528. The SMILES string of the molecule is CN(C)c1ccc(/C=N/NC(=O)c2cccc(C(=O)N/N=C/c3ccc(N(C)C)cc3)n2)cc1.O. The number of rotatable bonds is 8. The molecule has 35 heavy (non-hydrogen) atoms. The lowest BCUT2D eigenvalue weighted by Crippen LogP contribution is -2.23. The normalized spacial score (nSPS) is 10.6. The van der Waals surface area contributed by atoms with E-state index in [-0.39, 0.29) is 16.9 Å². The van der Waals surface area contributed by atoms with Crippen molar-refractivity contribution in [2.24, 2.45) is 10.2 Å². The van der Waals surface area contributed by atoms with E-state index < -0.39 is 11.8 Å². The lowest BCUT2D eigenvalue weighted by atomic mass is 10.2. The number of aromatic nitrogens is 1. The third kappa shape index (κ3) is 7.76. The van der Waals surface area contributed by atoms with Crippen LogP contribution in [0, 0.1) is 0 Å². The molecule has 0 saturated carbocycles. The molecule has 1 aromatic heterocycles. The van der Waals surface area contributed by atoms with Gasteiger partial charge in [-0.05, 0) is 47.5 Å². The maximum atomic E-state index is 12.4. The predicted molar refractivity (Wildman–Crippen MR) is 140 cm³/mol. The summed E-state index contributed by atoms with van der Waals surface area (Å²) >= 11 is 0. The molecule has 0 unspecified atom stereocenters. The van der Waals surface area contributed by atoms with E-state index in [0.29, 0.717) is 0 Å². The highest BCUT2D eigenvalue weighted by atomic mass is 16.2. The molecule has 0 bridgehead atoms. The van der Waals surface area contributed by atoms with Crippen molar-refractivity contribution in [3.63, 3.8) is 0 Å². The van der Waals surface area contributed by atoms with Gasteiger partial charge in [0.2, 0.25) is 0 Å². The molecule has 3 aromatic rings. The van der Waals surface area contributed by atoms with Gasteiger partial charge in [-0.15, -0.1) is 0 Å². The summed E-state index contributed by atoms with van der Waals surface area (Å²) in [6.07, 6.45) is 3.07. The molecule has 182 valence electrons. The largest absolute Gasteiger partial charge is 0.412 e. The van der Waals surface area contributed by atoms with Gasteiger partial charge < -0.3 is 15.3 Å². The van der Waals surface area contributed by atoms with E-state index in [9.17, 15) is 9.59 Å². The number of hydrogen-bond donors (Lipinski definition) is 2. The van der Waals surface area contributed by atoms with Gasteiger partial charge in [0, 0.05) is 39.6 Å². The molecule has 1 heterocycles. The quantitative estimate of drug-likeness (QED) is 0.379. The van der Waals surface area contributed by atoms with Crippen molar-refractivity contribution in [2.75, 3.05) is 38.0 Å².